The number of aliphatic imine (C=N–C) groups is 1. The van der Waals surface area contributed by atoms with Crippen molar-refractivity contribution in [3.63, 3.8) is 0 Å². The highest BCUT2D eigenvalue weighted by Gasteiger charge is 2.36. The fourth-order valence-electron chi connectivity index (χ4n) is 4.23. The van der Waals surface area contributed by atoms with Gasteiger partial charge in [-0.3, -0.25) is 4.99 Å². The van der Waals surface area contributed by atoms with Crippen molar-refractivity contribution >= 4 is 29.9 Å². The van der Waals surface area contributed by atoms with E-state index in [2.05, 4.69) is 27.6 Å². The molecule has 2 aliphatic rings. The van der Waals surface area contributed by atoms with Crippen LogP contribution < -0.4 is 15.4 Å². The van der Waals surface area contributed by atoms with Gasteiger partial charge in [-0.25, -0.2) is 4.39 Å². The third kappa shape index (κ3) is 5.70. The Morgan fingerprint density at radius 1 is 1.30 bits per heavy atom. The molecule has 7 heteroatoms. The lowest BCUT2D eigenvalue weighted by atomic mass is 9.82. The first kappa shape index (κ1) is 22.2. The zero-order chi connectivity index (χ0) is 18.5. The van der Waals surface area contributed by atoms with Gasteiger partial charge in [-0.1, -0.05) is 12.5 Å². The van der Waals surface area contributed by atoms with Crippen molar-refractivity contribution in [2.45, 2.75) is 63.7 Å². The molecular weight excluding hydrogens is 458 g/mol. The number of rotatable bonds is 5. The van der Waals surface area contributed by atoms with Gasteiger partial charge in [0.1, 0.15) is 0 Å². The van der Waals surface area contributed by atoms with E-state index in [1.165, 1.54) is 25.3 Å². The van der Waals surface area contributed by atoms with E-state index in [1.807, 2.05) is 13.0 Å². The minimum Gasteiger partial charge on any atom is -0.491 e. The Morgan fingerprint density at radius 2 is 2.00 bits per heavy atom. The van der Waals surface area contributed by atoms with E-state index < -0.39 is 0 Å². The molecule has 2 saturated heterocycles. The van der Waals surface area contributed by atoms with Crippen molar-refractivity contribution in [2.75, 3.05) is 20.7 Å². The maximum absolute atomic E-state index is 14.0. The van der Waals surface area contributed by atoms with Gasteiger partial charge in [0, 0.05) is 31.7 Å². The molecule has 2 N–H and O–H groups in total. The normalized spacial score (nSPS) is 25.5. The van der Waals surface area contributed by atoms with Gasteiger partial charge in [-0.05, 0) is 57.4 Å². The molecule has 0 saturated carbocycles. The molecule has 3 rings (SSSR count). The van der Waals surface area contributed by atoms with Gasteiger partial charge in [0.2, 0.25) is 0 Å². The van der Waals surface area contributed by atoms with Crippen molar-refractivity contribution in [1.82, 2.24) is 15.5 Å². The summed E-state index contributed by atoms with van der Waals surface area (Å²) >= 11 is 0. The summed E-state index contributed by atoms with van der Waals surface area (Å²) in [5.74, 6) is 0.765. The second kappa shape index (κ2) is 10.5. The Labute approximate surface area is 179 Å². The topological polar surface area (TPSA) is 48.9 Å². The lowest BCUT2D eigenvalue weighted by Gasteiger charge is -2.47. The molecule has 2 heterocycles. The Balaban J connectivity index is 0.00000261. The predicted octanol–water partition coefficient (Wildman–Crippen LogP) is 3.52. The van der Waals surface area contributed by atoms with Crippen LogP contribution in [0.1, 0.15) is 44.6 Å². The molecule has 152 valence electrons. The van der Waals surface area contributed by atoms with Crippen LogP contribution in [0.2, 0.25) is 0 Å². The van der Waals surface area contributed by atoms with Crippen LogP contribution in [0.5, 0.6) is 5.75 Å². The average Bonchev–Trinajstić information content (AvgIpc) is 2.61. The molecule has 2 fully saturated rings. The Morgan fingerprint density at radius 3 is 2.59 bits per heavy atom. The summed E-state index contributed by atoms with van der Waals surface area (Å²) < 4.78 is 19.2. The first-order chi connectivity index (χ1) is 12.6. The average molecular weight is 490 g/mol. The summed E-state index contributed by atoms with van der Waals surface area (Å²) in [5.41, 5.74) is 0.870. The minimum absolute atomic E-state index is 0. The van der Waals surface area contributed by atoms with Gasteiger partial charge in [0.05, 0.1) is 6.61 Å². The summed E-state index contributed by atoms with van der Waals surface area (Å²) in [6, 6.07) is 6.89. The highest BCUT2D eigenvalue weighted by Crippen LogP contribution is 2.32. The van der Waals surface area contributed by atoms with Crippen LogP contribution in [0.15, 0.2) is 23.2 Å². The number of halogens is 2. The SMILES string of the molecule is CCOc1ccc(CNC(=NC)NC2CC3CCCC(C2)N3C)cc1F.I. The van der Waals surface area contributed by atoms with E-state index in [9.17, 15) is 4.39 Å². The second-order valence-corrected chi connectivity index (χ2v) is 7.34. The molecule has 0 radical (unpaired) electrons. The van der Waals surface area contributed by atoms with Gasteiger partial charge >= 0.3 is 0 Å². The molecule has 2 aliphatic heterocycles. The molecule has 0 aliphatic carbocycles. The summed E-state index contributed by atoms with van der Waals surface area (Å²) in [6.45, 7) is 2.84. The molecule has 2 bridgehead atoms. The van der Waals surface area contributed by atoms with Gasteiger partial charge < -0.3 is 20.3 Å². The third-order valence-corrected chi connectivity index (χ3v) is 5.66. The number of ether oxygens (including phenoxy) is 1. The van der Waals surface area contributed by atoms with Gasteiger partial charge in [0.15, 0.2) is 17.5 Å². The maximum Gasteiger partial charge on any atom is 0.191 e. The van der Waals surface area contributed by atoms with Crippen molar-refractivity contribution in [3.8, 4) is 5.75 Å². The standard InChI is InChI=1S/C20H31FN4O.HI/c1-4-26-19-9-8-14(10-18(19)21)13-23-20(22-2)24-15-11-16-6-5-7-17(12-15)25(16)3;/h8-10,15-17H,4-7,11-13H2,1-3H3,(H2,22,23,24);1H. The Bertz CT molecular complexity index is 628. The van der Waals surface area contributed by atoms with Crippen molar-refractivity contribution in [2.24, 2.45) is 4.99 Å². The van der Waals surface area contributed by atoms with Crippen LogP contribution in [0.25, 0.3) is 0 Å². The van der Waals surface area contributed by atoms with Crippen LogP contribution in [0.3, 0.4) is 0 Å². The molecular formula is C20H32FIN4O. The van der Waals surface area contributed by atoms with E-state index >= 15 is 0 Å². The Hall–Kier alpha value is -1.09. The highest BCUT2D eigenvalue weighted by molar-refractivity contribution is 14.0. The first-order valence-electron chi connectivity index (χ1n) is 9.71. The third-order valence-electron chi connectivity index (χ3n) is 5.66. The van der Waals surface area contributed by atoms with E-state index in [0.717, 1.165) is 24.4 Å². The number of piperidine rings is 2. The van der Waals surface area contributed by atoms with E-state index in [0.29, 0.717) is 37.0 Å². The summed E-state index contributed by atoms with van der Waals surface area (Å²) in [7, 11) is 4.04. The van der Waals surface area contributed by atoms with Crippen LogP contribution in [-0.2, 0) is 6.54 Å². The zero-order valence-corrected chi connectivity index (χ0v) is 18.8. The van der Waals surface area contributed by atoms with Gasteiger partial charge in [-0.15, -0.1) is 24.0 Å². The number of hydrogen-bond acceptors (Lipinski definition) is 3. The predicted molar refractivity (Wildman–Crippen MR) is 119 cm³/mol. The monoisotopic (exact) mass is 490 g/mol. The largest absolute Gasteiger partial charge is 0.491 e. The molecule has 2 atom stereocenters. The number of fused-ring (bicyclic) bond motifs is 2. The molecule has 2 unspecified atom stereocenters. The van der Waals surface area contributed by atoms with Gasteiger partial charge in [0.25, 0.3) is 0 Å². The highest BCUT2D eigenvalue weighted by atomic mass is 127. The van der Waals surface area contributed by atoms with Crippen molar-refractivity contribution < 1.29 is 9.13 Å². The molecule has 1 aromatic rings. The number of guanidine groups is 1. The van der Waals surface area contributed by atoms with E-state index in [4.69, 9.17) is 4.74 Å². The molecule has 27 heavy (non-hydrogen) atoms. The van der Waals surface area contributed by atoms with Crippen LogP contribution >= 0.6 is 24.0 Å². The van der Waals surface area contributed by atoms with Crippen LogP contribution in [-0.4, -0.2) is 49.7 Å². The van der Waals surface area contributed by atoms with E-state index in [1.54, 1.807) is 13.1 Å². The zero-order valence-electron chi connectivity index (χ0n) is 16.5. The number of nitrogens with one attached hydrogen (secondary N) is 2. The van der Waals surface area contributed by atoms with Crippen molar-refractivity contribution in [1.29, 1.82) is 0 Å². The minimum atomic E-state index is -0.322. The molecule has 1 aromatic carbocycles. The molecule has 0 spiro atoms. The second-order valence-electron chi connectivity index (χ2n) is 7.34. The molecule has 5 nitrogen and oxygen atoms in total. The van der Waals surface area contributed by atoms with Crippen LogP contribution in [0.4, 0.5) is 4.39 Å². The molecule has 0 amide bonds. The number of benzene rings is 1. The van der Waals surface area contributed by atoms with Crippen LogP contribution in [0, 0.1) is 5.82 Å². The van der Waals surface area contributed by atoms with Gasteiger partial charge in [-0.2, -0.15) is 0 Å². The van der Waals surface area contributed by atoms with E-state index in [-0.39, 0.29) is 29.8 Å². The summed E-state index contributed by atoms with van der Waals surface area (Å²) in [5, 5.41) is 6.87. The first-order valence-corrected chi connectivity index (χ1v) is 9.71. The smallest absolute Gasteiger partial charge is 0.191 e. The number of nitrogens with zero attached hydrogens (tertiary/aromatic N) is 2. The maximum atomic E-state index is 14.0. The number of hydrogen-bond donors (Lipinski definition) is 2. The molecule has 0 aromatic heterocycles. The fourth-order valence-corrected chi connectivity index (χ4v) is 4.23. The summed E-state index contributed by atoms with van der Waals surface area (Å²) in [6.07, 6.45) is 6.25. The van der Waals surface area contributed by atoms with Crippen molar-refractivity contribution in [3.05, 3.63) is 29.6 Å². The fraction of sp³-hybridized carbons (Fsp3) is 0.650. The Kier molecular flexibility index (Phi) is 8.60. The quantitative estimate of drug-likeness (QED) is 0.377. The lowest BCUT2D eigenvalue weighted by Crippen LogP contribution is -2.56. The lowest BCUT2D eigenvalue weighted by molar-refractivity contribution is 0.0526. The summed E-state index contributed by atoms with van der Waals surface area (Å²) in [4.78, 5) is 6.90.